The predicted molar refractivity (Wildman–Crippen MR) is 43.4 cm³/mol. The normalized spacial score (nSPS) is 12.7. The first-order valence-corrected chi connectivity index (χ1v) is 3.30. The Bertz CT molecular complexity index is 116. The second-order valence-electron chi connectivity index (χ2n) is 1.76. The number of hydrogen-bond acceptors (Lipinski definition) is 0. The molecule has 0 aromatic rings. The first-order chi connectivity index (χ1) is 4.41. The largest absolute Gasteiger partial charge is 0.0914 e. The molecule has 9 heavy (non-hydrogen) atoms. The van der Waals surface area contributed by atoms with E-state index in [-0.39, 0.29) is 0 Å². The van der Waals surface area contributed by atoms with E-state index in [9.17, 15) is 0 Å². The van der Waals surface area contributed by atoms with Crippen LogP contribution in [0, 0.1) is 0 Å². The van der Waals surface area contributed by atoms with E-state index in [0.29, 0.717) is 0 Å². The zero-order valence-electron chi connectivity index (χ0n) is 6.17. The summed E-state index contributed by atoms with van der Waals surface area (Å²) in [6.07, 6.45) is 13.5. The number of rotatable bonds is 3. The molecule has 0 spiro atoms. The van der Waals surface area contributed by atoms with E-state index < -0.39 is 0 Å². The molecule has 0 fully saturated rings. The van der Waals surface area contributed by atoms with Crippen LogP contribution in [0.5, 0.6) is 0 Å². The molecule has 0 aromatic heterocycles. The van der Waals surface area contributed by atoms with Crippen LogP contribution in [0.1, 0.15) is 20.3 Å². The van der Waals surface area contributed by atoms with Gasteiger partial charge in [0.25, 0.3) is 0 Å². The van der Waals surface area contributed by atoms with Gasteiger partial charge in [-0.05, 0) is 20.3 Å². The summed E-state index contributed by atoms with van der Waals surface area (Å²) < 4.78 is 0. The van der Waals surface area contributed by atoms with Gasteiger partial charge in [0.15, 0.2) is 0 Å². The summed E-state index contributed by atoms with van der Waals surface area (Å²) in [6, 6.07) is 0. The summed E-state index contributed by atoms with van der Waals surface area (Å²) in [5.74, 6) is 0. The van der Waals surface area contributed by atoms with Gasteiger partial charge in [-0.2, -0.15) is 0 Å². The summed E-state index contributed by atoms with van der Waals surface area (Å²) in [5, 5.41) is 0. The van der Waals surface area contributed by atoms with E-state index in [2.05, 4.69) is 24.3 Å². The Balaban J connectivity index is 3.25. The minimum absolute atomic E-state index is 1.04. The van der Waals surface area contributed by atoms with Crippen LogP contribution < -0.4 is 0 Å². The van der Waals surface area contributed by atoms with E-state index in [4.69, 9.17) is 0 Å². The van der Waals surface area contributed by atoms with Crippen molar-refractivity contribution in [1.29, 1.82) is 0 Å². The predicted octanol–water partition coefficient (Wildman–Crippen LogP) is 3.08. The molecule has 0 heterocycles. The van der Waals surface area contributed by atoms with Crippen LogP contribution in [0.25, 0.3) is 0 Å². The van der Waals surface area contributed by atoms with Gasteiger partial charge in [-0.1, -0.05) is 36.5 Å². The van der Waals surface area contributed by atoms with Gasteiger partial charge in [0.1, 0.15) is 0 Å². The molecule has 0 radical (unpaired) electrons. The third-order valence-electron chi connectivity index (χ3n) is 0.948. The second kappa shape index (κ2) is 7.22. The second-order valence-corrected chi connectivity index (χ2v) is 1.76. The van der Waals surface area contributed by atoms with Crippen LogP contribution in [0.2, 0.25) is 0 Å². The molecular weight excluding hydrogens is 108 g/mol. The van der Waals surface area contributed by atoms with E-state index in [1.165, 1.54) is 0 Å². The summed E-state index contributed by atoms with van der Waals surface area (Å²) in [7, 11) is 0. The van der Waals surface area contributed by atoms with Crippen molar-refractivity contribution < 1.29 is 0 Å². The first kappa shape index (κ1) is 8.22. The number of hydrogen-bond donors (Lipinski definition) is 0. The molecule has 50 valence electrons. The molecule has 0 bridgehead atoms. The Morgan fingerprint density at radius 1 is 0.889 bits per heavy atom. The van der Waals surface area contributed by atoms with Crippen molar-refractivity contribution in [2.45, 2.75) is 20.3 Å². The molecule has 0 aliphatic rings. The maximum Gasteiger partial charge on any atom is -0.0166 e. The summed E-state index contributed by atoms with van der Waals surface area (Å²) in [5.41, 5.74) is 0. The quantitative estimate of drug-likeness (QED) is 0.398. The van der Waals surface area contributed by atoms with Crippen molar-refractivity contribution in [2.75, 3.05) is 0 Å². The smallest absolute Gasteiger partial charge is 0.0166 e. The zero-order valence-corrected chi connectivity index (χ0v) is 6.17. The molecule has 0 saturated carbocycles. The highest BCUT2D eigenvalue weighted by atomic mass is 13.7. The van der Waals surface area contributed by atoms with Crippen molar-refractivity contribution in [3.05, 3.63) is 36.5 Å². The molecule has 0 atom stereocenters. The van der Waals surface area contributed by atoms with Crippen molar-refractivity contribution in [2.24, 2.45) is 0 Å². The van der Waals surface area contributed by atoms with Gasteiger partial charge in [0.05, 0.1) is 0 Å². The van der Waals surface area contributed by atoms with Crippen LogP contribution in [0.4, 0.5) is 0 Å². The van der Waals surface area contributed by atoms with Gasteiger partial charge in [-0.25, -0.2) is 0 Å². The van der Waals surface area contributed by atoms with Crippen molar-refractivity contribution in [1.82, 2.24) is 0 Å². The Labute approximate surface area is 57.6 Å². The van der Waals surface area contributed by atoms with Gasteiger partial charge in [-0.3, -0.25) is 0 Å². The van der Waals surface area contributed by atoms with Crippen LogP contribution in [0.3, 0.4) is 0 Å². The Morgan fingerprint density at radius 3 is 2.22 bits per heavy atom. The molecule has 0 aromatic carbocycles. The average Bonchev–Trinajstić information content (AvgIpc) is 1.89. The molecule has 0 aliphatic carbocycles. The molecule has 0 amide bonds. The highest BCUT2D eigenvalue weighted by Crippen LogP contribution is 1.85. The van der Waals surface area contributed by atoms with Crippen molar-refractivity contribution in [3.63, 3.8) is 0 Å². The fraction of sp³-hybridized carbons (Fsp3) is 0.333. The molecule has 0 unspecified atom stereocenters. The van der Waals surface area contributed by atoms with E-state index >= 15 is 0 Å². The van der Waals surface area contributed by atoms with E-state index in [1.807, 2.05) is 26.0 Å². The minimum atomic E-state index is 1.04. The lowest BCUT2D eigenvalue weighted by atomic mass is 10.3. The van der Waals surface area contributed by atoms with Gasteiger partial charge in [-0.15, -0.1) is 0 Å². The van der Waals surface area contributed by atoms with Gasteiger partial charge in [0, 0.05) is 0 Å². The SMILES string of the molecule is CC=CC=CCC=CC. The fourth-order valence-corrected chi connectivity index (χ4v) is 0.483. The Hall–Kier alpha value is -0.780. The van der Waals surface area contributed by atoms with Gasteiger partial charge < -0.3 is 0 Å². The molecule has 0 aliphatic heterocycles. The molecule has 0 rings (SSSR count). The van der Waals surface area contributed by atoms with Crippen LogP contribution >= 0.6 is 0 Å². The van der Waals surface area contributed by atoms with E-state index in [1.54, 1.807) is 0 Å². The summed E-state index contributed by atoms with van der Waals surface area (Å²) in [4.78, 5) is 0. The molecule has 0 saturated heterocycles. The van der Waals surface area contributed by atoms with Gasteiger partial charge >= 0.3 is 0 Å². The van der Waals surface area contributed by atoms with Crippen LogP contribution in [-0.4, -0.2) is 0 Å². The molecule has 0 heteroatoms. The van der Waals surface area contributed by atoms with Crippen molar-refractivity contribution >= 4 is 0 Å². The lowest BCUT2D eigenvalue weighted by Gasteiger charge is -1.75. The zero-order chi connectivity index (χ0) is 6.95. The minimum Gasteiger partial charge on any atom is -0.0914 e. The maximum atomic E-state index is 2.12. The monoisotopic (exact) mass is 122 g/mol. The van der Waals surface area contributed by atoms with Crippen LogP contribution in [-0.2, 0) is 0 Å². The van der Waals surface area contributed by atoms with E-state index in [0.717, 1.165) is 6.42 Å². The molecule has 0 N–H and O–H groups in total. The van der Waals surface area contributed by atoms with Gasteiger partial charge in [0.2, 0.25) is 0 Å². The topological polar surface area (TPSA) is 0 Å². The molecular formula is C9H14. The highest BCUT2D eigenvalue weighted by Gasteiger charge is 1.64. The fourth-order valence-electron chi connectivity index (χ4n) is 0.483. The Kier molecular flexibility index (Phi) is 6.59. The average molecular weight is 122 g/mol. The lowest BCUT2D eigenvalue weighted by molar-refractivity contribution is 1.38. The Morgan fingerprint density at radius 2 is 1.67 bits per heavy atom. The first-order valence-electron chi connectivity index (χ1n) is 3.30. The lowest BCUT2D eigenvalue weighted by Crippen LogP contribution is -1.54. The highest BCUT2D eigenvalue weighted by molar-refractivity contribution is 5.03. The third-order valence-corrected chi connectivity index (χ3v) is 0.948. The summed E-state index contributed by atoms with van der Waals surface area (Å²) in [6.45, 7) is 4.05. The summed E-state index contributed by atoms with van der Waals surface area (Å²) >= 11 is 0. The maximum absolute atomic E-state index is 2.12. The number of allylic oxidation sites excluding steroid dienone is 6. The van der Waals surface area contributed by atoms with Crippen LogP contribution in [0.15, 0.2) is 36.5 Å². The third kappa shape index (κ3) is 7.22. The van der Waals surface area contributed by atoms with Crippen molar-refractivity contribution in [3.8, 4) is 0 Å². The standard InChI is InChI=1S/C9H14/c1-3-5-7-9-8-6-4-2/h3-7,9H,8H2,1-2H3. The molecule has 0 nitrogen and oxygen atoms in total.